The van der Waals surface area contributed by atoms with Gasteiger partial charge in [0, 0.05) is 6.04 Å². The topological polar surface area (TPSA) is 14.1 Å². The Balaban J connectivity index is 2.66. The first-order chi connectivity index (χ1) is 5.18. The van der Waals surface area contributed by atoms with Crippen LogP contribution in [0.4, 0.5) is 10.1 Å². The zero-order valence-corrected chi connectivity index (χ0v) is 6.71. The molecule has 0 aromatic heterocycles. The molecule has 0 amide bonds. The number of hydrogen-bond donors (Lipinski definition) is 0. The van der Waals surface area contributed by atoms with Crippen molar-refractivity contribution in [3.8, 4) is 0 Å². The average Bonchev–Trinajstić information content (AvgIpc) is 1.93. The fraction of sp³-hybridized carbons (Fsp3) is 0.333. The molecule has 0 saturated carbocycles. The Bertz CT molecular complexity index is 216. The predicted octanol–water partition coefficient (Wildman–Crippen LogP) is 2.47. The van der Waals surface area contributed by atoms with Gasteiger partial charge in [0.2, 0.25) is 0 Å². The van der Waals surface area contributed by atoms with Gasteiger partial charge in [-0.1, -0.05) is 0 Å². The van der Waals surface area contributed by atoms with Gasteiger partial charge in [0.1, 0.15) is 5.82 Å². The highest BCUT2D eigenvalue weighted by Crippen LogP contribution is 2.09. The molecule has 0 fully saturated rings. The van der Waals surface area contributed by atoms with Gasteiger partial charge in [-0.05, 0) is 38.1 Å². The van der Waals surface area contributed by atoms with Crippen molar-refractivity contribution in [3.05, 3.63) is 30.1 Å². The lowest BCUT2D eigenvalue weighted by molar-refractivity contribution is 0.625. The van der Waals surface area contributed by atoms with Crippen molar-refractivity contribution in [1.29, 1.82) is 0 Å². The predicted molar refractivity (Wildman–Crippen MR) is 43.3 cm³/mol. The highest BCUT2D eigenvalue weighted by Gasteiger charge is 1.96. The molecule has 0 spiro atoms. The van der Waals surface area contributed by atoms with Gasteiger partial charge in [-0.3, -0.25) is 5.32 Å². The lowest BCUT2D eigenvalue weighted by atomic mass is 10.3. The van der Waals surface area contributed by atoms with Gasteiger partial charge in [-0.25, -0.2) is 4.39 Å². The second kappa shape index (κ2) is 3.37. The van der Waals surface area contributed by atoms with Crippen LogP contribution in [0.15, 0.2) is 24.3 Å². The van der Waals surface area contributed by atoms with E-state index in [4.69, 9.17) is 0 Å². The maximum atomic E-state index is 12.4. The van der Waals surface area contributed by atoms with E-state index in [2.05, 4.69) is 5.32 Å². The Morgan fingerprint density at radius 2 is 1.73 bits per heavy atom. The van der Waals surface area contributed by atoms with Gasteiger partial charge in [-0.15, -0.1) is 0 Å². The summed E-state index contributed by atoms with van der Waals surface area (Å²) >= 11 is 0. The zero-order chi connectivity index (χ0) is 8.27. The minimum absolute atomic E-state index is 0.215. The van der Waals surface area contributed by atoms with Crippen molar-refractivity contribution in [1.82, 2.24) is 5.32 Å². The molecule has 0 atom stereocenters. The third-order valence-corrected chi connectivity index (χ3v) is 1.23. The van der Waals surface area contributed by atoms with E-state index in [1.165, 1.54) is 12.1 Å². The monoisotopic (exact) mass is 152 g/mol. The second-order valence-corrected chi connectivity index (χ2v) is 2.70. The van der Waals surface area contributed by atoms with Gasteiger partial charge in [0.15, 0.2) is 0 Å². The molecule has 0 unspecified atom stereocenters. The van der Waals surface area contributed by atoms with Crippen LogP contribution in [-0.2, 0) is 0 Å². The van der Waals surface area contributed by atoms with E-state index in [0.29, 0.717) is 0 Å². The van der Waals surface area contributed by atoms with E-state index in [1.54, 1.807) is 12.1 Å². The van der Waals surface area contributed by atoms with Gasteiger partial charge in [0.05, 0.1) is 5.69 Å². The van der Waals surface area contributed by atoms with Crippen molar-refractivity contribution >= 4 is 5.69 Å². The van der Waals surface area contributed by atoms with Gasteiger partial charge in [-0.2, -0.15) is 0 Å². The summed E-state index contributed by atoms with van der Waals surface area (Å²) in [5.74, 6) is -0.215. The Morgan fingerprint density at radius 3 is 2.18 bits per heavy atom. The Morgan fingerprint density at radius 1 is 1.18 bits per heavy atom. The summed E-state index contributed by atoms with van der Waals surface area (Å²) in [5.41, 5.74) is 0.835. The first-order valence-corrected chi connectivity index (χ1v) is 3.65. The minimum Gasteiger partial charge on any atom is -0.283 e. The summed E-state index contributed by atoms with van der Waals surface area (Å²) in [6.45, 7) is 3.98. The first kappa shape index (κ1) is 8.05. The van der Waals surface area contributed by atoms with Crippen molar-refractivity contribution in [2.24, 2.45) is 0 Å². The molecular formula is C9H11FN. The van der Waals surface area contributed by atoms with Crippen LogP contribution in [0.25, 0.3) is 0 Å². The van der Waals surface area contributed by atoms with Gasteiger partial charge in [0.25, 0.3) is 0 Å². The quantitative estimate of drug-likeness (QED) is 0.618. The van der Waals surface area contributed by atoms with E-state index in [1.807, 2.05) is 13.8 Å². The lowest BCUT2D eigenvalue weighted by Crippen LogP contribution is -2.07. The normalized spacial score (nSPS) is 10.2. The highest BCUT2D eigenvalue weighted by atomic mass is 19.1. The minimum atomic E-state index is -0.215. The van der Waals surface area contributed by atoms with Crippen LogP contribution in [0.2, 0.25) is 0 Å². The standard InChI is InChI=1S/C9H11FN/c1-7(2)11-9-5-3-8(10)4-6-9/h3-7H,1-2H3. The highest BCUT2D eigenvalue weighted by molar-refractivity contribution is 5.35. The van der Waals surface area contributed by atoms with Crippen LogP contribution in [0.5, 0.6) is 0 Å². The number of halogens is 1. The molecule has 0 aliphatic heterocycles. The third kappa shape index (κ3) is 2.58. The van der Waals surface area contributed by atoms with E-state index in [-0.39, 0.29) is 11.9 Å². The van der Waals surface area contributed by atoms with E-state index >= 15 is 0 Å². The second-order valence-electron chi connectivity index (χ2n) is 2.70. The summed E-state index contributed by atoms with van der Waals surface area (Å²) < 4.78 is 12.4. The van der Waals surface area contributed by atoms with Crippen molar-refractivity contribution in [2.45, 2.75) is 19.9 Å². The van der Waals surface area contributed by atoms with Crippen LogP contribution in [0.1, 0.15) is 13.8 Å². The van der Waals surface area contributed by atoms with Crippen LogP contribution < -0.4 is 5.32 Å². The molecule has 59 valence electrons. The molecule has 1 rings (SSSR count). The molecule has 0 N–H and O–H groups in total. The number of rotatable bonds is 2. The number of hydrogen-bond acceptors (Lipinski definition) is 0. The molecule has 0 bridgehead atoms. The van der Waals surface area contributed by atoms with Crippen molar-refractivity contribution < 1.29 is 4.39 Å². The van der Waals surface area contributed by atoms with Crippen LogP contribution in [0.3, 0.4) is 0 Å². The maximum absolute atomic E-state index is 12.4. The number of nitrogens with zero attached hydrogens (tertiary/aromatic N) is 1. The van der Waals surface area contributed by atoms with E-state index in [9.17, 15) is 4.39 Å². The molecule has 0 saturated heterocycles. The molecule has 0 aliphatic carbocycles. The Hall–Kier alpha value is -1.05. The third-order valence-electron chi connectivity index (χ3n) is 1.23. The maximum Gasteiger partial charge on any atom is 0.123 e. The van der Waals surface area contributed by atoms with Gasteiger partial charge >= 0.3 is 0 Å². The van der Waals surface area contributed by atoms with Crippen LogP contribution in [-0.4, -0.2) is 6.04 Å². The van der Waals surface area contributed by atoms with Crippen LogP contribution >= 0.6 is 0 Å². The molecule has 1 aromatic rings. The molecular weight excluding hydrogens is 141 g/mol. The smallest absolute Gasteiger partial charge is 0.123 e. The lowest BCUT2D eigenvalue weighted by Gasteiger charge is -2.04. The van der Waals surface area contributed by atoms with Crippen molar-refractivity contribution in [3.63, 3.8) is 0 Å². The zero-order valence-electron chi connectivity index (χ0n) is 6.71. The molecule has 0 aliphatic rings. The molecule has 0 heterocycles. The van der Waals surface area contributed by atoms with Gasteiger partial charge < -0.3 is 0 Å². The summed E-state index contributed by atoms with van der Waals surface area (Å²) in [7, 11) is 0. The van der Waals surface area contributed by atoms with Crippen molar-refractivity contribution in [2.75, 3.05) is 0 Å². The van der Waals surface area contributed by atoms with E-state index in [0.717, 1.165) is 5.69 Å². The Kier molecular flexibility index (Phi) is 2.47. The fourth-order valence-electron chi connectivity index (χ4n) is 0.825. The Labute approximate surface area is 66.2 Å². The number of benzene rings is 1. The molecule has 1 aromatic carbocycles. The first-order valence-electron chi connectivity index (χ1n) is 3.65. The summed E-state index contributed by atoms with van der Waals surface area (Å²) in [5, 5.41) is 4.23. The SMILES string of the molecule is CC(C)[N]c1ccc(F)cc1. The average molecular weight is 152 g/mol. The van der Waals surface area contributed by atoms with E-state index < -0.39 is 0 Å². The fourth-order valence-corrected chi connectivity index (χ4v) is 0.825. The summed E-state index contributed by atoms with van der Waals surface area (Å²) in [6, 6.07) is 6.45. The largest absolute Gasteiger partial charge is 0.283 e. The summed E-state index contributed by atoms with van der Waals surface area (Å²) in [6.07, 6.45) is 0. The van der Waals surface area contributed by atoms with Crippen LogP contribution in [0, 0.1) is 5.82 Å². The molecule has 2 heteroatoms. The molecule has 1 radical (unpaired) electrons. The molecule has 11 heavy (non-hydrogen) atoms. The summed E-state index contributed by atoms with van der Waals surface area (Å²) in [4.78, 5) is 0. The molecule has 1 nitrogen and oxygen atoms in total.